The maximum Gasteiger partial charge on any atom is 0.243 e. The van der Waals surface area contributed by atoms with Crippen molar-refractivity contribution in [2.24, 2.45) is 0 Å². The van der Waals surface area contributed by atoms with Gasteiger partial charge in [0.25, 0.3) is 0 Å². The molecule has 1 aliphatic heterocycles. The number of carbonyl (C=O) groups is 1. The van der Waals surface area contributed by atoms with Crippen LogP contribution in [-0.2, 0) is 20.2 Å². The van der Waals surface area contributed by atoms with Crippen molar-refractivity contribution in [3.8, 4) is 0 Å². The van der Waals surface area contributed by atoms with Crippen LogP contribution in [0.3, 0.4) is 0 Å². The van der Waals surface area contributed by atoms with E-state index in [0.717, 1.165) is 30.6 Å². The zero-order valence-corrected chi connectivity index (χ0v) is 19.0. The molecule has 1 saturated heterocycles. The molecular weight excluding hydrogens is 398 g/mol. The number of carbonyl (C=O) groups excluding carboxylic acids is 1. The predicted molar refractivity (Wildman–Crippen MR) is 123 cm³/mol. The van der Waals surface area contributed by atoms with Gasteiger partial charge in [-0.15, -0.1) is 0 Å². The summed E-state index contributed by atoms with van der Waals surface area (Å²) < 4.78 is 26.0. The first-order valence-corrected chi connectivity index (χ1v) is 12.1. The Bertz CT molecular complexity index is 959. The number of sulfonamides is 1. The summed E-state index contributed by atoms with van der Waals surface area (Å²) in [5.74, 6) is -0.173. The van der Waals surface area contributed by atoms with Gasteiger partial charge in [-0.25, -0.2) is 8.42 Å². The summed E-state index contributed by atoms with van der Waals surface area (Å²) in [6.45, 7) is 8.75. The molecule has 1 heterocycles. The van der Waals surface area contributed by atoms with Crippen LogP contribution in [0.1, 0.15) is 26.3 Å². The summed E-state index contributed by atoms with van der Waals surface area (Å²) in [5, 5.41) is 0. The number of rotatable bonds is 5. The molecule has 1 aliphatic rings. The number of anilines is 2. The molecule has 0 unspecified atom stereocenters. The summed E-state index contributed by atoms with van der Waals surface area (Å²) in [4.78, 5) is 16.9. The average Bonchev–Trinajstić information content (AvgIpc) is 2.71. The predicted octanol–water partition coefficient (Wildman–Crippen LogP) is 3.10. The molecule has 30 heavy (non-hydrogen) atoms. The van der Waals surface area contributed by atoms with Crippen molar-refractivity contribution in [2.75, 3.05) is 48.2 Å². The molecule has 2 aromatic carbocycles. The van der Waals surface area contributed by atoms with Gasteiger partial charge in [-0.1, -0.05) is 51.1 Å². The van der Waals surface area contributed by atoms with E-state index in [4.69, 9.17) is 0 Å². The Balaban J connectivity index is 1.68. The number of piperazine rings is 1. The fraction of sp³-hybridized carbons (Fsp3) is 0.435. The summed E-state index contributed by atoms with van der Waals surface area (Å²) >= 11 is 0. The van der Waals surface area contributed by atoms with Gasteiger partial charge in [0.2, 0.25) is 15.9 Å². The van der Waals surface area contributed by atoms with Gasteiger partial charge in [-0.05, 0) is 35.2 Å². The highest BCUT2D eigenvalue weighted by molar-refractivity contribution is 7.92. The van der Waals surface area contributed by atoms with Gasteiger partial charge in [-0.3, -0.25) is 9.10 Å². The van der Waals surface area contributed by atoms with Crippen LogP contribution >= 0.6 is 0 Å². The van der Waals surface area contributed by atoms with Crippen LogP contribution in [-0.4, -0.2) is 58.2 Å². The first kappa shape index (κ1) is 22.2. The Kier molecular flexibility index (Phi) is 6.41. The molecule has 0 atom stereocenters. The van der Waals surface area contributed by atoms with Gasteiger partial charge < -0.3 is 9.80 Å². The molecule has 0 radical (unpaired) electrons. The molecule has 0 saturated carbocycles. The highest BCUT2D eigenvalue weighted by atomic mass is 32.2. The number of para-hydroxylation sites is 1. The second-order valence-corrected chi connectivity index (χ2v) is 10.7. The van der Waals surface area contributed by atoms with Crippen LogP contribution in [0.4, 0.5) is 11.4 Å². The van der Waals surface area contributed by atoms with E-state index in [0.29, 0.717) is 18.8 Å². The molecule has 1 amide bonds. The van der Waals surface area contributed by atoms with Crippen molar-refractivity contribution < 1.29 is 13.2 Å². The molecular formula is C23H31N3O3S. The van der Waals surface area contributed by atoms with Crippen LogP contribution in [0.15, 0.2) is 54.6 Å². The minimum absolute atomic E-state index is 0.0251. The zero-order chi connectivity index (χ0) is 21.9. The summed E-state index contributed by atoms with van der Waals surface area (Å²) in [6.07, 6.45) is 1.14. The molecule has 0 N–H and O–H groups in total. The fourth-order valence-electron chi connectivity index (χ4n) is 3.60. The maximum atomic E-state index is 12.9. The van der Waals surface area contributed by atoms with Gasteiger partial charge in [0.1, 0.15) is 6.54 Å². The first-order valence-electron chi connectivity index (χ1n) is 10.2. The Morgan fingerprint density at radius 2 is 1.50 bits per heavy atom. The Labute approximate surface area is 180 Å². The summed E-state index contributed by atoms with van der Waals surface area (Å²) in [6, 6.07) is 17.5. The van der Waals surface area contributed by atoms with Crippen molar-refractivity contribution in [1.82, 2.24) is 4.90 Å². The normalized spacial score (nSPS) is 15.2. The molecule has 6 nitrogen and oxygen atoms in total. The lowest BCUT2D eigenvalue weighted by molar-refractivity contribution is -0.129. The van der Waals surface area contributed by atoms with E-state index in [1.807, 2.05) is 30.3 Å². The SMILES string of the molecule is CC(C)(C)c1ccc(N(CC(=O)N2CCN(c3ccccc3)CC2)S(C)(=O)=O)cc1. The van der Waals surface area contributed by atoms with Crippen molar-refractivity contribution in [1.29, 1.82) is 0 Å². The molecule has 1 fully saturated rings. The van der Waals surface area contributed by atoms with E-state index in [9.17, 15) is 13.2 Å². The van der Waals surface area contributed by atoms with Crippen molar-refractivity contribution >= 4 is 27.3 Å². The minimum atomic E-state index is -3.58. The molecule has 3 rings (SSSR count). The summed E-state index contributed by atoms with van der Waals surface area (Å²) in [7, 11) is -3.58. The van der Waals surface area contributed by atoms with E-state index >= 15 is 0 Å². The highest BCUT2D eigenvalue weighted by Gasteiger charge is 2.27. The molecule has 0 aliphatic carbocycles. The lowest BCUT2D eigenvalue weighted by Crippen LogP contribution is -2.52. The van der Waals surface area contributed by atoms with Gasteiger partial charge in [0.05, 0.1) is 11.9 Å². The van der Waals surface area contributed by atoms with Crippen molar-refractivity contribution in [3.63, 3.8) is 0 Å². The Morgan fingerprint density at radius 1 is 0.933 bits per heavy atom. The van der Waals surface area contributed by atoms with E-state index in [1.54, 1.807) is 17.0 Å². The zero-order valence-electron chi connectivity index (χ0n) is 18.2. The average molecular weight is 430 g/mol. The summed E-state index contributed by atoms with van der Waals surface area (Å²) in [5.41, 5.74) is 2.74. The smallest absolute Gasteiger partial charge is 0.243 e. The molecule has 0 bridgehead atoms. The lowest BCUT2D eigenvalue weighted by atomic mass is 9.87. The topological polar surface area (TPSA) is 60.9 Å². The third-order valence-corrected chi connectivity index (χ3v) is 6.59. The van der Waals surface area contributed by atoms with E-state index in [2.05, 4.69) is 37.8 Å². The number of benzene rings is 2. The molecule has 2 aromatic rings. The molecule has 0 spiro atoms. The Morgan fingerprint density at radius 3 is 2.00 bits per heavy atom. The van der Waals surface area contributed by atoms with Gasteiger partial charge >= 0.3 is 0 Å². The second kappa shape index (κ2) is 8.68. The molecule has 0 aromatic heterocycles. The fourth-order valence-corrected chi connectivity index (χ4v) is 4.45. The second-order valence-electron chi connectivity index (χ2n) is 8.77. The van der Waals surface area contributed by atoms with Gasteiger partial charge in [0, 0.05) is 31.9 Å². The van der Waals surface area contributed by atoms with Crippen LogP contribution in [0, 0.1) is 0 Å². The van der Waals surface area contributed by atoms with Crippen molar-refractivity contribution in [3.05, 3.63) is 60.2 Å². The van der Waals surface area contributed by atoms with Crippen LogP contribution in [0.25, 0.3) is 0 Å². The number of hydrogen-bond acceptors (Lipinski definition) is 4. The van der Waals surface area contributed by atoms with Gasteiger partial charge in [-0.2, -0.15) is 0 Å². The largest absolute Gasteiger partial charge is 0.368 e. The van der Waals surface area contributed by atoms with Crippen molar-refractivity contribution in [2.45, 2.75) is 26.2 Å². The quantitative estimate of drug-likeness (QED) is 0.733. The Hall–Kier alpha value is -2.54. The van der Waals surface area contributed by atoms with Crippen LogP contribution in [0.2, 0.25) is 0 Å². The van der Waals surface area contributed by atoms with E-state index in [1.165, 1.54) is 4.31 Å². The van der Waals surface area contributed by atoms with Crippen LogP contribution < -0.4 is 9.21 Å². The molecule has 162 valence electrons. The third kappa shape index (κ3) is 5.33. The minimum Gasteiger partial charge on any atom is -0.368 e. The van der Waals surface area contributed by atoms with Gasteiger partial charge in [0.15, 0.2) is 0 Å². The standard InChI is InChI=1S/C23H31N3O3S/c1-23(2,3)19-10-12-21(13-11-19)26(30(4,28)29)18-22(27)25-16-14-24(15-17-25)20-8-6-5-7-9-20/h5-13H,14-18H2,1-4H3. The first-order chi connectivity index (χ1) is 14.1. The highest BCUT2D eigenvalue weighted by Crippen LogP contribution is 2.26. The number of amides is 1. The van der Waals surface area contributed by atoms with Crippen LogP contribution in [0.5, 0.6) is 0 Å². The molecule has 7 heteroatoms. The number of nitrogens with zero attached hydrogens (tertiary/aromatic N) is 3. The third-order valence-electron chi connectivity index (χ3n) is 5.45. The van der Waals surface area contributed by atoms with E-state index in [-0.39, 0.29) is 17.9 Å². The maximum absolute atomic E-state index is 12.9. The van der Waals surface area contributed by atoms with E-state index < -0.39 is 10.0 Å². The lowest BCUT2D eigenvalue weighted by Gasteiger charge is -2.37. The monoisotopic (exact) mass is 429 g/mol. The number of hydrogen-bond donors (Lipinski definition) is 0.